The van der Waals surface area contributed by atoms with Crippen LogP contribution < -0.4 is 5.73 Å². The largest absolute Gasteiger partial charge is 0.449 e. The predicted molar refractivity (Wildman–Crippen MR) is 50.5 cm³/mol. The maximum absolute atomic E-state index is 12.5. The lowest BCUT2D eigenvalue weighted by Crippen LogP contribution is -2.30. The van der Waals surface area contributed by atoms with Crippen molar-refractivity contribution in [2.24, 2.45) is 5.73 Å². The van der Waals surface area contributed by atoms with E-state index in [9.17, 15) is 14.0 Å². The minimum Gasteiger partial charge on any atom is -0.449 e. The topological polar surface area (TPSA) is 69.4 Å². The quantitative estimate of drug-likeness (QED) is 0.754. The van der Waals surface area contributed by atoms with E-state index in [1.807, 2.05) is 0 Å². The van der Waals surface area contributed by atoms with Crippen molar-refractivity contribution < 1.29 is 18.7 Å². The van der Waals surface area contributed by atoms with Gasteiger partial charge in [0.2, 0.25) is 0 Å². The number of halogens is 1. The summed E-state index contributed by atoms with van der Waals surface area (Å²) in [6, 6.07) is 4.80. The summed E-state index contributed by atoms with van der Waals surface area (Å²) in [6.07, 6.45) is -0.998. The van der Waals surface area contributed by atoms with E-state index in [0.29, 0.717) is 0 Å². The van der Waals surface area contributed by atoms with Gasteiger partial charge in [-0.3, -0.25) is 4.79 Å². The Morgan fingerprint density at radius 3 is 2.33 bits per heavy atom. The second kappa shape index (κ2) is 4.54. The number of nitrogens with two attached hydrogens (primary N) is 1. The minimum atomic E-state index is -0.998. The molecule has 0 aliphatic rings. The summed E-state index contributed by atoms with van der Waals surface area (Å²) in [4.78, 5) is 21.9. The molecule has 4 nitrogen and oxygen atoms in total. The van der Waals surface area contributed by atoms with Crippen LogP contribution in [0.25, 0.3) is 0 Å². The monoisotopic (exact) mass is 211 g/mol. The van der Waals surface area contributed by atoms with Gasteiger partial charge in [-0.15, -0.1) is 0 Å². The zero-order valence-corrected chi connectivity index (χ0v) is 8.07. The smallest absolute Gasteiger partial charge is 0.338 e. The van der Waals surface area contributed by atoms with Crippen LogP contribution in [0.3, 0.4) is 0 Å². The molecule has 2 N–H and O–H groups in total. The molecule has 0 aliphatic heterocycles. The van der Waals surface area contributed by atoms with Gasteiger partial charge in [0.05, 0.1) is 5.56 Å². The van der Waals surface area contributed by atoms with E-state index in [-0.39, 0.29) is 5.56 Å². The molecule has 1 atom stereocenters. The van der Waals surface area contributed by atoms with Crippen molar-refractivity contribution in [1.29, 1.82) is 0 Å². The fourth-order valence-corrected chi connectivity index (χ4v) is 0.873. The molecule has 80 valence electrons. The zero-order chi connectivity index (χ0) is 11.4. The summed E-state index contributed by atoms with van der Waals surface area (Å²) in [6.45, 7) is 1.36. The summed E-state index contributed by atoms with van der Waals surface area (Å²) in [5, 5.41) is 0. The number of carbonyl (C=O) groups excluding carboxylic acids is 2. The lowest BCUT2D eigenvalue weighted by Gasteiger charge is -2.08. The summed E-state index contributed by atoms with van der Waals surface area (Å²) in [5.74, 6) is -1.89. The molecule has 5 heteroatoms. The van der Waals surface area contributed by atoms with Crippen LogP contribution in [0.1, 0.15) is 17.3 Å². The molecule has 0 aromatic heterocycles. The van der Waals surface area contributed by atoms with E-state index in [4.69, 9.17) is 10.5 Å². The summed E-state index contributed by atoms with van der Waals surface area (Å²) >= 11 is 0. The number of esters is 1. The number of amides is 1. The van der Waals surface area contributed by atoms with Crippen molar-refractivity contribution in [1.82, 2.24) is 0 Å². The van der Waals surface area contributed by atoms with Gasteiger partial charge in [0.25, 0.3) is 5.91 Å². The highest BCUT2D eigenvalue weighted by Gasteiger charge is 2.15. The minimum absolute atomic E-state index is 0.171. The van der Waals surface area contributed by atoms with Crippen LogP contribution in [0.15, 0.2) is 24.3 Å². The Kier molecular flexibility index (Phi) is 3.38. The van der Waals surface area contributed by atoms with E-state index in [1.165, 1.54) is 19.1 Å². The van der Waals surface area contributed by atoms with Gasteiger partial charge in [0.1, 0.15) is 5.82 Å². The first-order valence-electron chi connectivity index (χ1n) is 4.26. The summed E-state index contributed by atoms with van der Waals surface area (Å²) in [5.41, 5.74) is 5.08. The molecule has 0 fully saturated rings. The highest BCUT2D eigenvalue weighted by Crippen LogP contribution is 2.05. The highest BCUT2D eigenvalue weighted by atomic mass is 19.1. The number of benzene rings is 1. The molecule has 1 amide bonds. The first kappa shape index (κ1) is 11.2. The molecule has 1 unspecified atom stereocenters. The van der Waals surface area contributed by atoms with Gasteiger partial charge in [0, 0.05) is 0 Å². The van der Waals surface area contributed by atoms with Crippen molar-refractivity contribution >= 4 is 11.9 Å². The molecule has 0 radical (unpaired) electrons. The third-order valence-corrected chi connectivity index (χ3v) is 1.76. The average Bonchev–Trinajstić information content (AvgIpc) is 2.18. The Balaban J connectivity index is 2.69. The normalized spacial score (nSPS) is 11.9. The second-order valence-electron chi connectivity index (χ2n) is 2.96. The van der Waals surface area contributed by atoms with Gasteiger partial charge in [-0.05, 0) is 31.2 Å². The Morgan fingerprint density at radius 1 is 1.33 bits per heavy atom. The molecular formula is C10H10FNO3. The van der Waals surface area contributed by atoms with Crippen LogP contribution in [0.2, 0.25) is 0 Å². The molecule has 0 bridgehead atoms. The molecule has 0 spiro atoms. The van der Waals surface area contributed by atoms with Crippen LogP contribution in [-0.4, -0.2) is 18.0 Å². The Morgan fingerprint density at radius 2 is 1.87 bits per heavy atom. The predicted octanol–water partition coefficient (Wildman–Crippen LogP) is 0.856. The van der Waals surface area contributed by atoms with Crippen LogP contribution in [0.4, 0.5) is 4.39 Å². The lowest BCUT2D eigenvalue weighted by molar-refractivity contribution is -0.125. The number of ether oxygens (including phenoxy) is 1. The second-order valence-corrected chi connectivity index (χ2v) is 2.96. The number of hydrogen-bond acceptors (Lipinski definition) is 3. The Hall–Kier alpha value is -1.91. The van der Waals surface area contributed by atoms with Gasteiger partial charge in [-0.2, -0.15) is 0 Å². The molecule has 0 saturated carbocycles. The molecule has 1 rings (SSSR count). The molecule has 0 heterocycles. The van der Waals surface area contributed by atoms with Crippen LogP contribution in [0, 0.1) is 5.82 Å². The molecular weight excluding hydrogens is 201 g/mol. The first-order chi connectivity index (χ1) is 7.00. The van der Waals surface area contributed by atoms with Gasteiger partial charge in [0.15, 0.2) is 6.10 Å². The Labute approximate surface area is 85.8 Å². The van der Waals surface area contributed by atoms with Crippen molar-refractivity contribution in [3.8, 4) is 0 Å². The summed E-state index contributed by atoms with van der Waals surface area (Å²) < 4.78 is 17.2. The zero-order valence-electron chi connectivity index (χ0n) is 8.07. The van der Waals surface area contributed by atoms with Crippen LogP contribution in [0.5, 0.6) is 0 Å². The van der Waals surface area contributed by atoms with E-state index in [0.717, 1.165) is 12.1 Å². The van der Waals surface area contributed by atoms with Crippen molar-refractivity contribution in [3.05, 3.63) is 35.6 Å². The third-order valence-electron chi connectivity index (χ3n) is 1.76. The molecule has 0 aliphatic carbocycles. The number of hydrogen-bond donors (Lipinski definition) is 1. The van der Waals surface area contributed by atoms with Gasteiger partial charge in [-0.1, -0.05) is 0 Å². The fraction of sp³-hybridized carbons (Fsp3) is 0.200. The first-order valence-corrected chi connectivity index (χ1v) is 4.26. The Bertz CT molecular complexity index is 375. The average molecular weight is 211 g/mol. The maximum atomic E-state index is 12.5. The summed E-state index contributed by atoms with van der Waals surface area (Å²) in [7, 11) is 0. The SMILES string of the molecule is CC(OC(=O)c1ccc(F)cc1)C(N)=O. The molecule has 1 aromatic carbocycles. The molecule has 1 aromatic rings. The number of carbonyl (C=O) groups is 2. The van der Waals surface area contributed by atoms with E-state index in [1.54, 1.807) is 0 Å². The number of rotatable bonds is 3. The van der Waals surface area contributed by atoms with Gasteiger partial charge in [-0.25, -0.2) is 9.18 Å². The standard InChI is InChI=1S/C10H10FNO3/c1-6(9(12)13)15-10(14)7-2-4-8(11)5-3-7/h2-6H,1H3,(H2,12,13). The third kappa shape index (κ3) is 3.05. The maximum Gasteiger partial charge on any atom is 0.338 e. The fourth-order valence-electron chi connectivity index (χ4n) is 0.873. The van der Waals surface area contributed by atoms with E-state index < -0.39 is 23.8 Å². The van der Waals surface area contributed by atoms with Gasteiger partial charge < -0.3 is 10.5 Å². The number of primary amides is 1. The molecule has 15 heavy (non-hydrogen) atoms. The lowest BCUT2D eigenvalue weighted by atomic mass is 10.2. The van der Waals surface area contributed by atoms with Crippen molar-refractivity contribution in [2.45, 2.75) is 13.0 Å². The van der Waals surface area contributed by atoms with Gasteiger partial charge >= 0.3 is 5.97 Å². The van der Waals surface area contributed by atoms with Crippen molar-refractivity contribution in [3.63, 3.8) is 0 Å². The highest BCUT2D eigenvalue weighted by molar-refractivity contribution is 5.91. The van der Waals surface area contributed by atoms with Crippen molar-refractivity contribution in [2.75, 3.05) is 0 Å². The van der Waals surface area contributed by atoms with E-state index >= 15 is 0 Å². The van der Waals surface area contributed by atoms with Crippen LogP contribution in [-0.2, 0) is 9.53 Å². The van der Waals surface area contributed by atoms with Crippen LogP contribution >= 0.6 is 0 Å². The molecule has 0 saturated heterocycles. The van der Waals surface area contributed by atoms with E-state index in [2.05, 4.69) is 0 Å².